The minimum Gasteiger partial charge on any atom is -0.490 e. The lowest BCUT2D eigenvalue weighted by molar-refractivity contribution is -0.120. The molecular weight excluding hydrogens is 335 g/mol. The van der Waals surface area contributed by atoms with Crippen molar-refractivity contribution < 1.29 is 18.7 Å². The summed E-state index contributed by atoms with van der Waals surface area (Å²) in [5.74, 6) is 0.663. The third kappa shape index (κ3) is 6.10. The molecule has 0 saturated carbocycles. The number of nitrogens with zero attached hydrogens (tertiary/aromatic N) is 1. The van der Waals surface area contributed by atoms with E-state index < -0.39 is 0 Å². The zero-order valence-electron chi connectivity index (χ0n) is 14.6. The van der Waals surface area contributed by atoms with Crippen molar-refractivity contribution in [2.75, 3.05) is 13.2 Å². The molecule has 0 radical (unpaired) electrons. The number of rotatable bonds is 9. The van der Waals surface area contributed by atoms with Gasteiger partial charge in [0.05, 0.1) is 12.7 Å². The second kappa shape index (κ2) is 10.0. The van der Waals surface area contributed by atoms with E-state index in [1.165, 1.54) is 12.1 Å². The highest BCUT2D eigenvalue weighted by Crippen LogP contribution is 2.29. The number of benzene rings is 2. The number of hydrogen-bond acceptors (Lipinski definition) is 4. The van der Waals surface area contributed by atoms with Gasteiger partial charge in [0.15, 0.2) is 11.5 Å². The van der Waals surface area contributed by atoms with Crippen molar-refractivity contribution in [1.82, 2.24) is 5.32 Å². The monoisotopic (exact) mass is 356 g/mol. The molecule has 0 aliphatic carbocycles. The summed E-state index contributed by atoms with van der Waals surface area (Å²) in [7, 11) is 0. The van der Waals surface area contributed by atoms with Crippen LogP contribution in [0.25, 0.3) is 0 Å². The molecule has 0 bridgehead atoms. The van der Waals surface area contributed by atoms with Crippen molar-refractivity contribution >= 4 is 5.91 Å². The number of ether oxygens (including phenoxy) is 2. The molecule has 0 aromatic heterocycles. The molecule has 136 valence electrons. The van der Waals surface area contributed by atoms with E-state index in [2.05, 4.69) is 5.32 Å². The maximum atomic E-state index is 13.0. The van der Waals surface area contributed by atoms with Gasteiger partial charge in [0, 0.05) is 6.54 Å². The summed E-state index contributed by atoms with van der Waals surface area (Å²) >= 11 is 0. The fourth-order valence-corrected chi connectivity index (χ4v) is 2.32. The fraction of sp³-hybridized carbons (Fsp3) is 0.300. The molecule has 1 amide bonds. The van der Waals surface area contributed by atoms with Crippen LogP contribution in [0.4, 0.5) is 4.39 Å². The standard InChI is InChI=1S/C20H21FN2O3/c1-2-25-19-13-15(10-12-23-20(24)9-11-22)5-8-18(19)26-14-16-3-6-17(21)7-4-16/h3-8,13H,2,9-10,12,14H2,1H3,(H,23,24). The van der Waals surface area contributed by atoms with Gasteiger partial charge in [-0.3, -0.25) is 4.79 Å². The van der Waals surface area contributed by atoms with Crippen LogP contribution in [0.3, 0.4) is 0 Å². The highest BCUT2D eigenvalue weighted by Gasteiger charge is 2.08. The normalized spacial score (nSPS) is 10.0. The Morgan fingerprint density at radius 2 is 1.85 bits per heavy atom. The summed E-state index contributed by atoms with van der Waals surface area (Å²) in [5, 5.41) is 11.2. The predicted molar refractivity (Wildman–Crippen MR) is 95.3 cm³/mol. The zero-order valence-corrected chi connectivity index (χ0v) is 14.6. The molecule has 26 heavy (non-hydrogen) atoms. The third-order valence-electron chi connectivity index (χ3n) is 3.59. The van der Waals surface area contributed by atoms with Crippen LogP contribution in [0.15, 0.2) is 42.5 Å². The van der Waals surface area contributed by atoms with Gasteiger partial charge in [0.25, 0.3) is 0 Å². The van der Waals surface area contributed by atoms with Gasteiger partial charge >= 0.3 is 0 Å². The second-order valence-electron chi connectivity index (χ2n) is 5.56. The van der Waals surface area contributed by atoms with Gasteiger partial charge in [0.2, 0.25) is 5.91 Å². The maximum Gasteiger partial charge on any atom is 0.234 e. The minimum atomic E-state index is -0.282. The molecule has 5 nitrogen and oxygen atoms in total. The Labute approximate surface area is 152 Å². The molecule has 0 spiro atoms. The Morgan fingerprint density at radius 1 is 1.12 bits per heavy atom. The van der Waals surface area contributed by atoms with E-state index in [0.717, 1.165) is 11.1 Å². The molecule has 2 aromatic rings. The van der Waals surface area contributed by atoms with Crippen molar-refractivity contribution in [1.29, 1.82) is 5.26 Å². The third-order valence-corrected chi connectivity index (χ3v) is 3.59. The van der Waals surface area contributed by atoms with Gasteiger partial charge in [0.1, 0.15) is 18.8 Å². The Balaban J connectivity index is 1.97. The molecule has 6 heteroatoms. The second-order valence-corrected chi connectivity index (χ2v) is 5.56. The van der Waals surface area contributed by atoms with Crippen molar-refractivity contribution in [2.24, 2.45) is 0 Å². The topological polar surface area (TPSA) is 71.3 Å². The van der Waals surface area contributed by atoms with E-state index >= 15 is 0 Å². The summed E-state index contributed by atoms with van der Waals surface area (Å²) < 4.78 is 24.4. The van der Waals surface area contributed by atoms with E-state index in [0.29, 0.717) is 37.7 Å². The van der Waals surface area contributed by atoms with Crippen LogP contribution in [-0.4, -0.2) is 19.1 Å². The molecule has 0 aliphatic rings. The average Bonchev–Trinajstić information content (AvgIpc) is 2.63. The predicted octanol–water partition coefficient (Wildman–Crippen LogP) is 3.38. The van der Waals surface area contributed by atoms with Crippen LogP contribution in [-0.2, 0) is 17.8 Å². The lowest BCUT2D eigenvalue weighted by atomic mass is 10.1. The summed E-state index contributed by atoms with van der Waals surface area (Å²) in [5.41, 5.74) is 1.85. The number of hydrogen-bond donors (Lipinski definition) is 1. The lowest BCUT2D eigenvalue weighted by Crippen LogP contribution is -2.24. The fourth-order valence-electron chi connectivity index (χ4n) is 2.32. The van der Waals surface area contributed by atoms with Gasteiger partial charge in [-0.05, 0) is 48.7 Å². The molecule has 2 aromatic carbocycles. The summed E-state index contributed by atoms with van der Waals surface area (Å²) in [6.45, 7) is 3.14. The number of carbonyl (C=O) groups excluding carboxylic acids is 1. The van der Waals surface area contributed by atoms with Crippen LogP contribution in [0.2, 0.25) is 0 Å². The van der Waals surface area contributed by atoms with E-state index in [1.807, 2.05) is 31.2 Å². The highest BCUT2D eigenvalue weighted by atomic mass is 19.1. The first-order valence-electron chi connectivity index (χ1n) is 8.39. The Hall–Kier alpha value is -3.07. The number of nitrogens with one attached hydrogen (secondary N) is 1. The first kappa shape index (κ1) is 19.3. The van der Waals surface area contributed by atoms with Crippen molar-refractivity contribution in [3.8, 4) is 17.6 Å². The van der Waals surface area contributed by atoms with Crippen LogP contribution in [0.5, 0.6) is 11.5 Å². The Bertz CT molecular complexity index is 770. The number of nitriles is 1. The molecule has 0 unspecified atom stereocenters. The Morgan fingerprint density at radius 3 is 2.54 bits per heavy atom. The van der Waals surface area contributed by atoms with Gasteiger partial charge < -0.3 is 14.8 Å². The van der Waals surface area contributed by atoms with Gasteiger partial charge in [-0.15, -0.1) is 0 Å². The molecule has 1 N–H and O–H groups in total. The van der Waals surface area contributed by atoms with Crippen LogP contribution in [0, 0.1) is 17.1 Å². The lowest BCUT2D eigenvalue weighted by Gasteiger charge is -2.14. The van der Waals surface area contributed by atoms with Crippen LogP contribution >= 0.6 is 0 Å². The summed E-state index contributed by atoms with van der Waals surface area (Å²) in [6, 6.07) is 13.5. The quantitative estimate of drug-likeness (QED) is 0.748. The Kier molecular flexibility index (Phi) is 7.44. The molecule has 0 aliphatic heterocycles. The van der Waals surface area contributed by atoms with E-state index in [4.69, 9.17) is 14.7 Å². The molecule has 0 atom stereocenters. The minimum absolute atomic E-state index is 0.139. The van der Waals surface area contributed by atoms with E-state index in [-0.39, 0.29) is 18.1 Å². The molecule has 0 heterocycles. The maximum absolute atomic E-state index is 13.0. The summed E-state index contributed by atoms with van der Waals surface area (Å²) in [4.78, 5) is 11.3. The SMILES string of the molecule is CCOc1cc(CCNC(=O)CC#N)ccc1OCc1ccc(F)cc1. The van der Waals surface area contributed by atoms with E-state index in [9.17, 15) is 9.18 Å². The molecule has 2 rings (SSSR count). The van der Waals surface area contributed by atoms with E-state index in [1.54, 1.807) is 12.1 Å². The first-order chi connectivity index (χ1) is 12.6. The largest absolute Gasteiger partial charge is 0.490 e. The molecule has 0 saturated heterocycles. The van der Waals surface area contributed by atoms with Crippen molar-refractivity contribution in [3.63, 3.8) is 0 Å². The molecular formula is C20H21FN2O3. The summed E-state index contributed by atoms with van der Waals surface area (Å²) in [6.07, 6.45) is 0.482. The number of amides is 1. The zero-order chi connectivity index (χ0) is 18.8. The van der Waals surface area contributed by atoms with Gasteiger partial charge in [-0.2, -0.15) is 5.26 Å². The smallest absolute Gasteiger partial charge is 0.234 e. The van der Waals surface area contributed by atoms with Crippen LogP contribution in [0.1, 0.15) is 24.5 Å². The van der Waals surface area contributed by atoms with Crippen molar-refractivity contribution in [3.05, 3.63) is 59.4 Å². The van der Waals surface area contributed by atoms with Crippen LogP contribution < -0.4 is 14.8 Å². The number of halogens is 1. The van der Waals surface area contributed by atoms with Gasteiger partial charge in [-0.25, -0.2) is 4.39 Å². The van der Waals surface area contributed by atoms with Crippen molar-refractivity contribution in [2.45, 2.75) is 26.4 Å². The highest BCUT2D eigenvalue weighted by molar-refractivity contribution is 5.77. The molecule has 0 fully saturated rings. The average molecular weight is 356 g/mol. The van der Waals surface area contributed by atoms with Gasteiger partial charge in [-0.1, -0.05) is 18.2 Å². The first-order valence-corrected chi connectivity index (χ1v) is 8.39. The number of carbonyl (C=O) groups is 1.